The average Bonchev–Trinajstić information content (AvgIpc) is 2.56. The third-order valence-electron chi connectivity index (χ3n) is 3.94. The second-order valence-electron chi connectivity index (χ2n) is 5.79. The summed E-state index contributed by atoms with van der Waals surface area (Å²) in [5, 5.41) is 17.7. The van der Waals surface area contributed by atoms with Crippen molar-refractivity contribution in [1.29, 1.82) is 5.26 Å². The lowest BCUT2D eigenvalue weighted by Crippen LogP contribution is -2.49. The number of likely N-dealkylation sites (tertiary alicyclic amines) is 1. The summed E-state index contributed by atoms with van der Waals surface area (Å²) in [6.07, 6.45) is 0. The van der Waals surface area contributed by atoms with E-state index in [4.69, 9.17) is 15.1 Å². The molecule has 6 heteroatoms. The van der Waals surface area contributed by atoms with E-state index in [0.29, 0.717) is 31.1 Å². The van der Waals surface area contributed by atoms with Gasteiger partial charge in [0.1, 0.15) is 24.1 Å². The van der Waals surface area contributed by atoms with E-state index < -0.39 is 5.97 Å². The fourth-order valence-electron chi connectivity index (χ4n) is 2.58. The first-order valence-electron chi connectivity index (χ1n) is 7.67. The predicted octanol–water partition coefficient (Wildman–Crippen LogP) is 2.05. The molecule has 1 saturated heterocycles. The highest BCUT2D eigenvalue weighted by Crippen LogP contribution is 2.20. The molecule has 1 aromatic heterocycles. The number of hydrogen-bond donors (Lipinski definition) is 1. The lowest BCUT2D eigenvalue weighted by atomic mass is 10.00. The van der Waals surface area contributed by atoms with E-state index in [1.54, 1.807) is 12.1 Å². The van der Waals surface area contributed by atoms with Crippen LogP contribution in [-0.2, 0) is 17.9 Å². The van der Waals surface area contributed by atoms with Crippen molar-refractivity contribution in [2.45, 2.75) is 13.2 Å². The second kappa shape index (κ2) is 7.11. The molecule has 2 heterocycles. The van der Waals surface area contributed by atoms with Crippen LogP contribution in [0.3, 0.4) is 0 Å². The van der Waals surface area contributed by atoms with Crippen LogP contribution in [0, 0.1) is 17.2 Å². The largest absolute Gasteiger partial charge is 0.487 e. The first-order valence-corrected chi connectivity index (χ1v) is 7.67. The van der Waals surface area contributed by atoms with Gasteiger partial charge < -0.3 is 9.84 Å². The van der Waals surface area contributed by atoms with Gasteiger partial charge in [-0.2, -0.15) is 5.26 Å². The minimum atomic E-state index is -0.718. The number of ether oxygens (including phenoxy) is 1. The summed E-state index contributed by atoms with van der Waals surface area (Å²) in [4.78, 5) is 17.1. The van der Waals surface area contributed by atoms with Crippen molar-refractivity contribution < 1.29 is 14.6 Å². The average molecular weight is 323 g/mol. The highest BCUT2D eigenvalue weighted by Gasteiger charge is 2.31. The number of nitriles is 1. The number of aromatic nitrogens is 1. The van der Waals surface area contributed by atoms with Crippen LogP contribution < -0.4 is 4.74 Å². The topological polar surface area (TPSA) is 86.5 Å². The van der Waals surface area contributed by atoms with E-state index in [0.717, 1.165) is 17.9 Å². The number of carboxylic acids is 1. The van der Waals surface area contributed by atoms with Gasteiger partial charge in [0.25, 0.3) is 0 Å². The summed E-state index contributed by atoms with van der Waals surface area (Å²) in [5.41, 5.74) is 2.20. The van der Waals surface area contributed by atoms with Crippen molar-refractivity contribution in [2.24, 2.45) is 5.92 Å². The van der Waals surface area contributed by atoms with E-state index in [1.807, 2.05) is 36.4 Å². The Bertz CT molecular complexity index is 762. The van der Waals surface area contributed by atoms with Crippen LogP contribution in [0.5, 0.6) is 5.75 Å². The summed E-state index contributed by atoms with van der Waals surface area (Å²) in [6, 6.07) is 15.0. The number of carboxylic acid groups (broad SMARTS) is 1. The maximum absolute atomic E-state index is 10.8. The van der Waals surface area contributed by atoms with Gasteiger partial charge in [0.15, 0.2) is 0 Å². The highest BCUT2D eigenvalue weighted by molar-refractivity contribution is 5.71. The van der Waals surface area contributed by atoms with Gasteiger partial charge in [0, 0.05) is 19.6 Å². The van der Waals surface area contributed by atoms with Crippen molar-refractivity contribution in [3.8, 4) is 11.8 Å². The molecule has 1 N–H and O–H groups in total. The molecule has 0 aliphatic carbocycles. The minimum absolute atomic E-state index is 0.232. The molecule has 0 amide bonds. The minimum Gasteiger partial charge on any atom is -0.487 e. The number of aliphatic carboxylic acids is 1. The van der Waals surface area contributed by atoms with Gasteiger partial charge in [-0.3, -0.25) is 9.69 Å². The molecule has 1 aliphatic heterocycles. The first kappa shape index (κ1) is 16.0. The van der Waals surface area contributed by atoms with Crippen molar-refractivity contribution in [2.75, 3.05) is 13.1 Å². The Morgan fingerprint density at radius 3 is 2.71 bits per heavy atom. The zero-order chi connectivity index (χ0) is 16.9. The maximum atomic E-state index is 10.8. The zero-order valence-corrected chi connectivity index (χ0v) is 13.1. The van der Waals surface area contributed by atoms with Gasteiger partial charge in [0.05, 0.1) is 11.6 Å². The number of hydrogen-bond acceptors (Lipinski definition) is 5. The fraction of sp³-hybridized carbons (Fsp3) is 0.278. The lowest BCUT2D eigenvalue weighted by molar-refractivity contribution is -0.147. The van der Waals surface area contributed by atoms with Crippen LogP contribution in [0.15, 0.2) is 42.5 Å². The lowest BCUT2D eigenvalue weighted by Gasteiger charge is -2.36. The Morgan fingerprint density at radius 1 is 1.29 bits per heavy atom. The Morgan fingerprint density at radius 2 is 2.04 bits per heavy atom. The van der Waals surface area contributed by atoms with Gasteiger partial charge in [-0.05, 0) is 29.8 Å². The van der Waals surface area contributed by atoms with E-state index >= 15 is 0 Å². The van der Waals surface area contributed by atoms with Crippen LogP contribution in [0.4, 0.5) is 0 Å². The van der Waals surface area contributed by atoms with Crippen molar-refractivity contribution >= 4 is 5.97 Å². The summed E-state index contributed by atoms with van der Waals surface area (Å²) < 4.78 is 5.68. The van der Waals surface area contributed by atoms with Gasteiger partial charge in [-0.15, -0.1) is 0 Å². The van der Waals surface area contributed by atoms with Crippen molar-refractivity contribution in [3.63, 3.8) is 0 Å². The Labute approximate surface area is 139 Å². The zero-order valence-electron chi connectivity index (χ0n) is 13.1. The van der Waals surface area contributed by atoms with Gasteiger partial charge >= 0.3 is 5.97 Å². The smallest absolute Gasteiger partial charge is 0.309 e. The number of rotatable bonds is 6. The third-order valence-corrected chi connectivity index (χ3v) is 3.94. The number of pyridine rings is 1. The summed E-state index contributed by atoms with van der Waals surface area (Å²) in [6.45, 7) is 2.26. The summed E-state index contributed by atoms with van der Waals surface area (Å²) in [5.74, 6) is -0.219. The van der Waals surface area contributed by atoms with Crippen LogP contribution in [0.2, 0.25) is 0 Å². The van der Waals surface area contributed by atoms with Crippen molar-refractivity contribution in [1.82, 2.24) is 9.88 Å². The molecule has 0 unspecified atom stereocenters. The summed E-state index contributed by atoms with van der Waals surface area (Å²) >= 11 is 0. The van der Waals surface area contributed by atoms with Gasteiger partial charge in [-0.1, -0.05) is 18.2 Å². The standard InChI is InChI=1S/C18H17N3O3/c19-8-15-2-1-3-16(20-15)12-24-17-6-4-13(5-7-17)9-21-10-14(11-21)18(22)23/h1-7,14H,9-12H2,(H,22,23). The number of nitrogens with zero attached hydrogens (tertiary/aromatic N) is 3. The molecular formula is C18H17N3O3. The Kier molecular flexibility index (Phi) is 4.73. The molecule has 0 spiro atoms. The molecule has 0 saturated carbocycles. The van der Waals surface area contributed by atoms with Crippen molar-refractivity contribution in [3.05, 3.63) is 59.4 Å². The molecule has 24 heavy (non-hydrogen) atoms. The molecule has 3 rings (SSSR count). The number of benzene rings is 1. The molecule has 1 fully saturated rings. The molecular weight excluding hydrogens is 306 g/mol. The third kappa shape index (κ3) is 3.89. The van der Waals surface area contributed by atoms with E-state index in [-0.39, 0.29) is 5.92 Å². The number of carbonyl (C=O) groups is 1. The molecule has 0 bridgehead atoms. The monoisotopic (exact) mass is 323 g/mol. The van der Waals surface area contributed by atoms with Crippen LogP contribution in [0.25, 0.3) is 0 Å². The van der Waals surface area contributed by atoms with E-state index in [1.165, 1.54) is 0 Å². The van der Waals surface area contributed by atoms with E-state index in [2.05, 4.69) is 9.88 Å². The normalized spacial score (nSPS) is 14.6. The van der Waals surface area contributed by atoms with Crippen LogP contribution in [-0.4, -0.2) is 34.0 Å². The second-order valence-corrected chi connectivity index (χ2v) is 5.79. The van der Waals surface area contributed by atoms with Gasteiger partial charge in [-0.25, -0.2) is 4.98 Å². The van der Waals surface area contributed by atoms with Crippen LogP contribution in [0.1, 0.15) is 17.0 Å². The first-order chi connectivity index (χ1) is 11.6. The molecule has 1 aliphatic rings. The molecule has 2 aromatic rings. The molecule has 1 aromatic carbocycles. The van der Waals surface area contributed by atoms with Gasteiger partial charge in [0.2, 0.25) is 0 Å². The highest BCUT2D eigenvalue weighted by atomic mass is 16.5. The van der Waals surface area contributed by atoms with E-state index in [9.17, 15) is 4.79 Å². The summed E-state index contributed by atoms with van der Waals surface area (Å²) in [7, 11) is 0. The SMILES string of the molecule is N#Cc1cccc(COc2ccc(CN3CC(C(=O)O)C3)cc2)n1. The maximum Gasteiger partial charge on any atom is 0.309 e. The Balaban J connectivity index is 1.50. The van der Waals surface area contributed by atoms with Crippen LogP contribution >= 0.6 is 0 Å². The predicted molar refractivity (Wildman–Crippen MR) is 86.1 cm³/mol. The Hall–Kier alpha value is -2.91. The molecule has 0 radical (unpaired) electrons. The molecule has 6 nitrogen and oxygen atoms in total. The fourth-order valence-corrected chi connectivity index (χ4v) is 2.58. The quantitative estimate of drug-likeness (QED) is 0.875. The molecule has 0 atom stereocenters. The molecule has 122 valence electrons.